The molecule has 2 heterocycles. The lowest BCUT2D eigenvalue weighted by molar-refractivity contribution is 0.399. The smallest absolute Gasteiger partial charge is 0.221 e. The first-order valence-electron chi connectivity index (χ1n) is 12.2. The number of aromatic nitrogens is 2. The normalized spacial score (nSPS) is 12.9. The van der Waals surface area contributed by atoms with Gasteiger partial charge in [-0.15, -0.1) is 0 Å². The van der Waals surface area contributed by atoms with Crippen LogP contribution < -0.4 is 10.1 Å². The van der Waals surface area contributed by atoms with E-state index in [4.69, 9.17) is 9.26 Å². The van der Waals surface area contributed by atoms with Crippen molar-refractivity contribution in [2.24, 2.45) is 0 Å². The summed E-state index contributed by atoms with van der Waals surface area (Å²) in [6.45, 7) is 1.94. The fraction of sp³-hybridized carbons (Fsp3) is 0.161. The minimum Gasteiger partial charge on any atom is -0.481 e. The quantitative estimate of drug-likeness (QED) is 0.259. The lowest BCUT2D eigenvalue weighted by atomic mass is 10.0. The monoisotopic (exact) mass is 473 g/mol. The zero-order valence-electron chi connectivity index (χ0n) is 20.4. The molecule has 1 N–H and O–H groups in total. The fourth-order valence-electron chi connectivity index (χ4n) is 4.57. The average molecular weight is 474 g/mol. The van der Waals surface area contributed by atoms with E-state index < -0.39 is 0 Å². The summed E-state index contributed by atoms with van der Waals surface area (Å²) in [4.78, 5) is 4.32. The molecule has 0 radical (unpaired) electrons. The molecule has 0 spiro atoms. The molecular weight excluding hydrogens is 446 g/mol. The largest absolute Gasteiger partial charge is 0.481 e. The molecule has 1 fully saturated rings. The number of hydrogen-bond acceptors (Lipinski definition) is 5. The van der Waals surface area contributed by atoms with Crippen molar-refractivity contribution in [2.45, 2.75) is 25.7 Å². The van der Waals surface area contributed by atoms with Crippen LogP contribution in [0.2, 0.25) is 0 Å². The van der Waals surface area contributed by atoms with E-state index in [-0.39, 0.29) is 0 Å². The van der Waals surface area contributed by atoms with E-state index in [1.807, 2.05) is 37.3 Å². The second kappa shape index (κ2) is 9.34. The fourth-order valence-corrected chi connectivity index (χ4v) is 4.57. The topological polar surface area (TPSA) is 60.2 Å². The van der Waals surface area contributed by atoms with Gasteiger partial charge < -0.3 is 14.6 Å². The number of nitrogens with one attached hydrogen (secondary N) is 1. The zero-order chi connectivity index (χ0) is 24.5. The molecule has 0 saturated heterocycles. The maximum absolute atomic E-state index is 5.76. The van der Waals surface area contributed by atoms with Crippen molar-refractivity contribution in [2.75, 3.05) is 12.4 Å². The number of benzene rings is 3. The minimum atomic E-state index is 0.596. The maximum atomic E-state index is 5.76. The summed E-state index contributed by atoms with van der Waals surface area (Å²) >= 11 is 0. The molecule has 178 valence electrons. The van der Waals surface area contributed by atoms with Crippen molar-refractivity contribution < 1.29 is 9.26 Å². The summed E-state index contributed by atoms with van der Waals surface area (Å²) in [5.74, 6) is 2.08. The van der Waals surface area contributed by atoms with Gasteiger partial charge in [0.15, 0.2) is 5.76 Å². The molecular formula is C31H27N3O2. The third-order valence-electron chi connectivity index (χ3n) is 6.71. The molecule has 1 aliphatic rings. The van der Waals surface area contributed by atoms with Gasteiger partial charge in [0.1, 0.15) is 11.4 Å². The summed E-state index contributed by atoms with van der Waals surface area (Å²) in [6.07, 6.45) is 4.37. The van der Waals surface area contributed by atoms with Gasteiger partial charge in [-0.3, -0.25) is 0 Å². The number of rotatable bonds is 7. The Balaban J connectivity index is 1.26. The van der Waals surface area contributed by atoms with E-state index in [0.29, 0.717) is 11.6 Å². The first-order valence-corrected chi connectivity index (χ1v) is 12.2. The lowest BCUT2D eigenvalue weighted by Crippen LogP contribution is -1.95. The standard InChI is InChI=1S/C31H27N3O2/c1-20-29(33-27-6-3-5-26(19-27)28-7-4-18-32-31(28)35-2)30(36-34-20)25-16-14-24(15-17-25)23-12-10-22(11-13-23)21-8-9-21/h3-7,10-19,21,33H,8-9H2,1-2H3. The molecule has 0 atom stereocenters. The molecule has 5 nitrogen and oxygen atoms in total. The van der Waals surface area contributed by atoms with E-state index in [2.05, 4.69) is 70.1 Å². The van der Waals surface area contributed by atoms with Crippen LogP contribution in [0.15, 0.2) is 95.6 Å². The number of ether oxygens (including phenoxy) is 1. The molecule has 5 heteroatoms. The Bertz CT molecular complexity index is 1500. The Morgan fingerprint density at radius 2 is 1.56 bits per heavy atom. The van der Waals surface area contributed by atoms with Gasteiger partial charge in [0.25, 0.3) is 0 Å². The van der Waals surface area contributed by atoms with Crippen LogP contribution in [0, 0.1) is 6.92 Å². The van der Waals surface area contributed by atoms with Crippen molar-refractivity contribution in [1.29, 1.82) is 0 Å². The third-order valence-corrected chi connectivity index (χ3v) is 6.71. The second-order valence-electron chi connectivity index (χ2n) is 9.21. The van der Waals surface area contributed by atoms with Crippen LogP contribution in [-0.2, 0) is 0 Å². The molecule has 3 aromatic carbocycles. The lowest BCUT2D eigenvalue weighted by Gasteiger charge is -2.11. The van der Waals surface area contributed by atoms with Crippen LogP contribution in [0.1, 0.15) is 30.0 Å². The Kier molecular flexibility index (Phi) is 5.74. The van der Waals surface area contributed by atoms with Gasteiger partial charge in [0.2, 0.25) is 5.88 Å². The van der Waals surface area contributed by atoms with Gasteiger partial charge in [-0.2, -0.15) is 0 Å². The highest BCUT2D eigenvalue weighted by atomic mass is 16.5. The van der Waals surface area contributed by atoms with Crippen LogP contribution >= 0.6 is 0 Å². The van der Waals surface area contributed by atoms with E-state index in [9.17, 15) is 0 Å². The van der Waals surface area contributed by atoms with Crippen LogP contribution in [0.25, 0.3) is 33.6 Å². The first-order chi connectivity index (χ1) is 17.7. The zero-order valence-corrected chi connectivity index (χ0v) is 20.4. The summed E-state index contributed by atoms with van der Waals surface area (Å²) in [6, 6.07) is 29.5. The second-order valence-corrected chi connectivity index (χ2v) is 9.21. The number of anilines is 2. The van der Waals surface area contributed by atoms with Crippen molar-refractivity contribution in [3.05, 3.63) is 102 Å². The number of pyridine rings is 1. The highest BCUT2D eigenvalue weighted by Gasteiger charge is 2.23. The molecule has 36 heavy (non-hydrogen) atoms. The Labute approximate surface area is 210 Å². The minimum absolute atomic E-state index is 0.596. The summed E-state index contributed by atoms with van der Waals surface area (Å²) in [7, 11) is 1.63. The third kappa shape index (κ3) is 4.36. The Morgan fingerprint density at radius 1 is 0.833 bits per heavy atom. The van der Waals surface area contributed by atoms with Crippen molar-refractivity contribution in [3.63, 3.8) is 0 Å². The number of hydrogen-bond donors (Lipinski definition) is 1. The van der Waals surface area contributed by atoms with Crippen LogP contribution in [0.4, 0.5) is 11.4 Å². The van der Waals surface area contributed by atoms with E-state index in [1.54, 1.807) is 13.3 Å². The van der Waals surface area contributed by atoms with E-state index in [0.717, 1.165) is 39.7 Å². The molecule has 0 aliphatic heterocycles. The molecule has 0 bridgehead atoms. The average Bonchev–Trinajstić information content (AvgIpc) is 3.73. The van der Waals surface area contributed by atoms with Crippen LogP contribution in [0.5, 0.6) is 5.88 Å². The first kappa shape index (κ1) is 22.1. The van der Waals surface area contributed by atoms with Gasteiger partial charge in [-0.1, -0.05) is 65.8 Å². The van der Waals surface area contributed by atoms with Crippen LogP contribution in [0.3, 0.4) is 0 Å². The van der Waals surface area contributed by atoms with Gasteiger partial charge >= 0.3 is 0 Å². The van der Waals surface area contributed by atoms with Gasteiger partial charge in [0.05, 0.1) is 7.11 Å². The number of nitrogens with zero attached hydrogens (tertiary/aromatic N) is 2. The van der Waals surface area contributed by atoms with Crippen molar-refractivity contribution >= 4 is 11.4 Å². The maximum Gasteiger partial charge on any atom is 0.221 e. The molecule has 2 aromatic heterocycles. The van der Waals surface area contributed by atoms with E-state index in [1.165, 1.54) is 29.5 Å². The molecule has 0 unspecified atom stereocenters. The van der Waals surface area contributed by atoms with Crippen molar-refractivity contribution in [1.82, 2.24) is 10.1 Å². The van der Waals surface area contributed by atoms with Gasteiger partial charge in [-0.25, -0.2) is 4.98 Å². The predicted octanol–water partition coefficient (Wildman–Crippen LogP) is 8.01. The SMILES string of the molecule is COc1ncccc1-c1cccc(Nc2c(C)noc2-c2ccc(-c3ccc(C4CC4)cc3)cc2)c1. The molecule has 0 amide bonds. The molecule has 5 aromatic rings. The van der Waals surface area contributed by atoms with Gasteiger partial charge in [0, 0.05) is 23.0 Å². The van der Waals surface area contributed by atoms with Gasteiger partial charge in [-0.05, 0) is 72.2 Å². The number of methoxy groups -OCH3 is 1. The van der Waals surface area contributed by atoms with Crippen molar-refractivity contribution in [3.8, 4) is 39.5 Å². The highest BCUT2D eigenvalue weighted by Crippen LogP contribution is 2.41. The Morgan fingerprint density at radius 3 is 2.28 bits per heavy atom. The number of aryl methyl sites for hydroxylation is 1. The summed E-state index contributed by atoms with van der Waals surface area (Å²) in [5.41, 5.74) is 9.37. The molecule has 1 saturated carbocycles. The summed E-state index contributed by atoms with van der Waals surface area (Å²) in [5, 5.41) is 7.76. The molecule has 6 rings (SSSR count). The summed E-state index contributed by atoms with van der Waals surface area (Å²) < 4.78 is 11.2. The highest BCUT2D eigenvalue weighted by molar-refractivity contribution is 5.81. The Hall–Kier alpha value is -4.38. The van der Waals surface area contributed by atoms with E-state index >= 15 is 0 Å². The predicted molar refractivity (Wildman–Crippen MR) is 144 cm³/mol. The molecule has 1 aliphatic carbocycles. The van der Waals surface area contributed by atoms with Crippen LogP contribution in [-0.4, -0.2) is 17.3 Å².